The number of aromatic amines is 1. The van der Waals surface area contributed by atoms with Gasteiger partial charge in [0.2, 0.25) is 0 Å². The van der Waals surface area contributed by atoms with Crippen LogP contribution in [0.1, 0.15) is 24.3 Å². The Balaban J connectivity index is 1.83. The summed E-state index contributed by atoms with van der Waals surface area (Å²) < 4.78 is 0. The molecule has 1 aromatic carbocycles. The molecule has 0 saturated carbocycles. The fourth-order valence-corrected chi connectivity index (χ4v) is 3.16. The van der Waals surface area contributed by atoms with E-state index in [1.165, 1.54) is 5.56 Å². The highest BCUT2D eigenvalue weighted by Crippen LogP contribution is 2.34. The Morgan fingerprint density at radius 1 is 1.45 bits per heavy atom. The van der Waals surface area contributed by atoms with E-state index < -0.39 is 0 Å². The van der Waals surface area contributed by atoms with Gasteiger partial charge in [-0.15, -0.1) is 0 Å². The van der Waals surface area contributed by atoms with Crippen LogP contribution in [0.2, 0.25) is 5.02 Å². The van der Waals surface area contributed by atoms with Crippen LogP contribution in [-0.4, -0.2) is 41.3 Å². The van der Waals surface area contributed by atoms with E-state index in [4.69, 9.17) is 11.6 Å². The third-order valence-electron chi connectivity index (χ3n) is 3.99. The summed E-state index contributed by atoms with van der Waals surface area (Å²) in [6.45, 7) is 1.55. The number of amides is 2. The van der Waals surface area contributed by atoms with E-state index in [0.717, 1.165) is 41.9 Å². The molecule has 0 radical (unpaired) electrons. The number of nitrogens with zero attached hydrogens (tertiary/aromatic N) is 2. The lowest BCUT2D eigenvalue weighted by Gasteiger charge is -2.32. The maximum Gasteiger partial charge on any atom is 0.317 e. The fraction of sp³-hybridized carbons (Fsp3) is 0.429. The van der Waals surface area contributed by atoms with Crippen LogP contribution in [0, 0.1) is 0 Å². The van der Waals surface area contributed by atoms with Crippen molar-refractivity contribution in [2.45, 2.75) is 18.8 Å². The molecule has 0 atom stereocenters. The number of nitrogens with one attached hydrogen (secondary N) is 2. The van der Waals surface area contributed by atoms with E-state index in [2.05, 4.69) is 15.5 Å². The minimum absolute atomic E-state index is 0.00278. The lowest BCUT2D eigenvalue weighted by Crippen LogP contribution is -2.42. The van der Waals surface area contributed by atoms with Crippen LogP contribution in [-0.2, 0) is 0 Å². The minimum Gasteiger partial charge on any atom is -0.341 e. The highest BCUT2D eigenvalue weighted by Gasteiger charge is 2.24. The lowest BCUT2D eigenvalue weighted by molar-refractivity contribution is 0.183. The van der Waals surface area contributed by atoms with Gasteiger partial charge in [-0.25, -0.2) is 4.79 Å². The summed E-state index contributed by atoms with van der Waals surface area (Å²) in [6.07, 6.45) is 3.76. The zero-order valence-electron chi connectivity index (χ0n) is 11.3. The van der Waals surface area contributed by atoms with Gasteiger partial charge < -0.3 is 10.2 Å². The Hall–Kier alpha value is -1.75. The zero-order valence-corrected chi connectivity index (χ0v) is 12.1. The van der Waals surface area contributed by atoms with Gasteiger partial charge in [-0.1, -0.05) is 11.6 Å². The first-order chi connectivity index (χ1) is 9.69. The van der Waals surface area contributed by atoms with E-state index >= 15 is 0 Å². The fourth-order valence-electron chi connectivity index (χ4n) is 2.93. The molecule has 20 heavy (non-hydrogen) atoms. The molecule has 3 rings (SSSR count). The molecule has 2 aromatic rings. The number of piperidine rings is 1. The van der Waals surface area contributed by atoms with Crippen LogP contribution in [0.15, 0.2) is 18.3 Å². The number of benzene rings is 1. The number of hydrogen-bond acceptors (Lipinski definition) is 2. The molecule has 0 spiro atoms. The molecule has 2 amide bonds. The lowest BCUT2D eigenvalue weighted by atomic mass is 9.87. The molecule has 0 unspecified atom stereocenters. The van der Waals surface area contributed by atoms with Crippen molar-refractivity contribution in [3.63, 3.8) is 0 Å². The second-order valence-electron chi connectivity index (χ2n) is 5.14. The molecular formula is C14H17ClN4O. The predicted molar refractivity (Wildman–Crippen MR) is 79.1 cm³/mol. The quantitative estimate of drug-likeness (QED) is 0.849. The van der Waals surface area contributed by atoms with Crippen molar-refractivity contribution in [2.75, 3.05) is 20.1 Å². The van der Waals surface area contributed by atoms with Gasteiger partial charge in [0, 0.05) is 30.5 Å². The Labute approximate surface area is 122 Å². The number of likely N-dealkylation sites (tertiary alicyclic amines) is 1. The number of carbonyl (C=O) groups excluding carboxylic acids is 1. The van der Waals surface area contributed by atoms with E-state index in [1.54, 1.807) is 7.05 Å². The van der Waals surface area contributed by atoms with Crippen LogP contribution in [0.25, 0.3) is 10.9 Å². The van der Waals surface area contributed by atoms with E-state index in [1.807, 2.05) is 23.2 Å². The van der Waals surface area contributed by atoms with Gasteiger partial charge in [0.25, 0.3) is 0 Å². The molecule has 2 heterocycles. The standard InChI is InChI=1S/C14H17ClN4O/c1-16-14(20)19-4-2-9(3-5-19)11-6-10(15)7-13-12(11)8-17-18-13/h6-9H,2-5H2,1H3,(H,16,20)(H,17,18). The largest absolute Gasteiger partial charge is 0.341 e. The van der Waals surface area contributed by atoms with Crippen molar-refractivity contribution < 1.29 is 4.79 Å². The molecule has 1 saturated heterocycles. The van der Waals surface area contributed by atoms with Crippen molar-refractivity contribution in [3.8, 4) is 0 Å². The summed E-state index contributed by atoms with van der Waals surface area (Å²) in [5, 5.41) is 11.6. The molecule has 0 bridgehead atoms. The Bertz CT molecular complexity index is 631. The zero-order chi connectivity index (χ0) is 14.1. The molecule has 1 aliphatic rings. The number of rotatable bonds is 1. The summed E-state index contributed by atoms with van der Waals surface area (Å²) in [6, 6.07) is 3.93. The van der Waals surface area contributed by atoms with Crippen molar-refractivity contribution in [3.05, 3.63) is 28.9 Å². The average molecular weight is 293 g/mol. The summed E-state index contributed by atoms with van der Waals surface area (Å²) in [5.74, 6) is 0.426. The Morgan fingerprint density at radius 3 is 2.90 bits per heavy atom. The molecule has 2 N–H and O–H groups in total. The normalized spacial score (nSPS) is 16.6. The SMILES string of the molecule is CNC(=O)N1CCC(c2cc(Cl)cc3[nH]ncc23)CC1. The maximum absolute atomic E-state index is 11.6. The van der Waals surface area contributed by atoms with Gasteiger partial charge in [-0.05, 0) is 36.5 Å². The van der Waals surface area contributed by atoms with Gasteiger partial charge in [0.1, 0.15) is 0 Å². The third-order valence-corrected chi connectivity index (χ3v) is 4.21. The summed E-state index contributed by atoms with van der Waals surface area (Å²) in [7, 11) is 1.67. The number of H-pyrrole nitrogens is 1. The van der Waals surface area contributed by atoms with Gasteiger partial charge in [-0.3, -0.25) is 5.10 Å². The molecule has 0 aliphatic carbocycles. The predicted octanol–water partition coefficient (Wildman–Crippen LogP) is 2.74. The van der Waals surface area contributed by atoms with E-state index in [0.29, 0.717) is 5.92 Å². The monoisotopic (exact) mass is 292 g/mol. The van der Waals surface area contributed by atoms with Crippen molar-refractivity contribution in [2.24, 2.45) is 0 Å². The highest BCUT2D eigenvalue weighted by molar-refractivity contribution is 6.31. The van der Waals surface area contributed by atoms with E-state index in [9.17, 15) is 4.79 Å². The molecule has 1 aromatic heterocycles. The van der Waals surface area contributed by atoms with Crippen LogP contribution >= 0.6 is 11.6 Å². The smallest absolute Gasteiger partial charge is 0.317 e. The summed E-state index contributed by atoms with van der Waals surface area (Å²) in [4.78, 5) is 13.5. The summed E-state index contributed by atoms with van der Waals surface area (Å²) in [5.41, 5.74) is 2.21. The Morgan fingerprint density at radius 2 is 2.20 bits per heavy atom. The van der Waals surface area contributed by atoms with E-state index in [-0.39, 0.29) is 6.03 Å². The van der Waals surface area contributed by atoms with Gasteiger partial charge in [0.05, 0.1) is 11.7 Å². The van der Waals surface area contributed by atoms with Crippen LogP contribution < -0.4 is 5.32 Å². The highest BCUT2D eigenvalue weighted by atomic mass is 35.5. The second kappa shape index (κ2) is 5.32. The van der Waals surface area contributed by atoms with Crippen LogP contribution in [0.5, 0.6) is 0 Å². The molecule has 5 nitrogen and oxygen atoms in total. The molecule has 6 heteroatoms. The number of urea groups is 1. The summed E-state index contributed by atoms with van der Waals surface area (Å²) >= 11 is 6.18. The molecule has 1 aliphatic heterocycles. The minimum atomic E-state index is 0.00278. The average Bonchev–Trinajstić information content (AvgIpc) is 2.94. The van der Waals surface area contributed by atoms with Crippen LogP contribution in [0.3, 0.4) is 0 Å². The van der Waals surface area contributed by atoms with Gasteiger partial charge >= 0.3 is 6.03 Å². The molecular weight excluding hydrogens is 276 g/mol. The van der Waals surface area contributed by atoms with Gasteiger partial charge in [-0.2, -0.15) is 5.10 Å². The Kier molecular flexibility index (Phi) is 3.53. The number of fused-ring (bicyclic) bond motifs is 1. The number of carbonyl (C=O) groups is 1. The number of aromatic nitrogens is 2. The number of hydrogen-bond donors (Lipinski definition) is 2. The van der Waals surface area contributed by atoms with Crippen molar-refractivity contribution >= 4 is 28.5 Å². The maximum atomic E-state index is 11.6. The first-order valence-corrected chi connectivity index (χ1v) is 7.16. The van der Waals surface area contributed by atoms with Crippen molar-refractivity contribution in [1.82, 2.24) is 20.4 Å². The van der Waals surface area contributed by atoms with Crippen LogP contribution in [0.4, 0.5) is 4.79 Å². The number of halogens is 1. The van der Waals surface area contributed by atoms with Gasteiger partial charge in [0.15, 0.2) is 0 Å². The molecule has 106 valence electrons. The topological polar surface area (TPSA) is 61.0 Å². The third kappa shape index (κ3) is 2.33. The first-order valence-electron chi connectivity index (χ1n) is 6.78. The van der Waals surface area contributed by atoms with Crippen molar-refractivity contribution in [1.29, 1.82) is 0 Å². The molecule has 1 fully saturated rings. The second-order valence-corrected chi connectivity index (χ2v) is 5.58. The first kappa shape index (κ1) is 13.2.